The molecule has 5 heteroatoms. The SMILES string of the molecule is CC(C)(C)N1CCN(CCc2cccc(C(F)(F)F)c2)CC1. The molecular weight excluding hydrogens is 289 g/mol. The van der Waals surface area contributed by atoms with Gasteiger partial charge in [0.05, 0.1) is 5.56 Å². The van der Waals surface area contributed by atoms with Gasteiger partial charge in [0.2, 0.25) is 0 Å². The van der Waals surface area contributed by atoms with Gasteiger partial charge in [-0.05, 0) is 38.8 Å². The third kappa shape index (κ3) is 4.71. The summed E-state index contributed by atoms with van der Waals surface area (Å²) in [5.41, 5.74) is 0.392. The summed E-state index contributed by atoms with van der Waals surface area (Å²) in [6, 6.07) is 5.67. The van der Waals surface area contributed by atoms with Crippen LogP contribution in [-0.4, -0.2) is 48.1 Å². The van der Waals surface area contributed by atoms with E-state index in [0.717, 1.165) is 44.4 Å². The van der Waals surface area contributed by atoms with E-state index in [1.54, 1.807) is 6.07 Å². The lowest BCUT2D eigenvalue weighted by Gasteiger charge is -2.42. The Morgan fingerprint density at radius 1 is 1.00 bits per heavy atom. The molecule has 0 radical (unpaired) electrons. The Labute approximate surface area is 130 Å². The quantitative estimate of drug-likeness (QED) is 0.840. The molecule has 0 saturated carbocycles. The summed E-state index contributed by atoms with van der Waals surface area (Å²) >= 11 is 0. The third-order valence-corrected chi connectivity index (χ3v) is 4.29. The first-order chi connectivity index (χ1) is 10.2. The molecule has 0 atom stereocenters. The van der Waals surface area contributed by atoms with Crippen molar-refractivity contribution in [3.8, 4) is 0 Å². The van der Waals surface area contributed by atoms with Crippen molar-refractivity contribution in [2.24, 2.45) is 0 Å². The topological polar surface area (TPSA) is 6.48 Å². The third-order valence-electron chi connectivity index (χ3n) is 4.29. The van der Waals surface area contributed by atoms with Crippen molar-refractivity contribution in [1.29, 1.82) is 0 Å². The highest BCUT2D eigenvalue weighted by Gasteiger charge is 2.30. The minimum absolute atomic E-state index is 0.188. The van der Waals surface area contributed by atoms with Gasteiger partial charge in [-0.1, -0.05) is 18.2 Å². The molecule has 2 rings (SSSR count). The van der Waals surface area contributed by atoms with E-state index in [2.05, 4.69) is 30.6 Å². The molecule has 1 aromatic carbocycles. The van der Waals surface area contributed by atoms with E-state index < -0.39 is 11.7 Å². The average Bonchev–Trinajstić information content (AvgIpc) is 2.44. The van der Waals surface area contributed by atoms with Crippen LogP contribution in [0.5, 0.6) is 0 Å². The Morgan fingerprint density at radius 3 is 2.18 bits per heavy atom. The molecule has 0 amide bonds. The van der Waals surface area contributed by atoms with Crippen molar-refractivity contribution in [2.45, 2.75) is 38.9 Å². The summed E-state index contributed by atoms with van der Waals surface area (Å²) in [4.78, 5) is 4.79. The molecule has 124 valence electrons. The molecule has 0 bridgehead atoms. The van der Waals surface area contributed by atoms with Gasteiger partial charge in [0.25, 0.3) is 0 Å². The Bertz CT molecular complexity index is 483. The van der Waals surface area contributed by atoms with E-state index in [-0.39, 0.29) is 5.54 Å². The van der Waals surface area contributed by atoms with Crippen LogP contribution < -0.4 is 0 Å². The van der Waals surface area contributed by atoms with Crippen molar-refractivity contribution < 1.29 is 13.2 Å². The standard InChI is InChI=1S/C17H25F3N2/c1-16(2,3)22-11-9-21(10-12-22)8-7-14-5-4-6-15(13-14)17(18,19)20/h4-6,13H,7-12H2,1-3H3. The number of hydrogen-bond acceptors (Lipinski definition) is 2. The van der Waals surface area contributed by atoms with Crippen LogP contribution in [-0.2, 0) is 12.6 Å². The van der Waals surface area contributed by atoms with Gasteiger partial charge in [-0.25, -0.2) is 0 Å². The number of benzene rings is 1. The van der Waals surface area contributed by atoms with Crippen molar-refractivity contribution in [3.05, 3.63) is 35.4 Å². The van der Waals surface area contributed by atoms with E-state index in [4.69, 9.17) is 0 Å². The predicted octanol–water partition coefficient (Wildman–Crippen LogP) is 3.66. The maximum atomic E-state index is 12.7. The van der Waals surface area contributed by atoms with Gasteiger partial charge in [0, 0.05) is 38.3 Å². The molecular formula is C17H25F3N2. The van der Waals surface area contributed by atoms with Crippen molar-refractivity contribution in [2.75, 3.05) is 32.7 Å². The summed E-state index contributed by atoms with van der Waals surface area (Å²) < 4.78 is 38.1. The second kappa shape index (κ2) is 6.59. The monoisotopic (exact) mass is 314 g/mol. The molecule has 0 spiro atoms. The Hall–Kier alpha value is -1.07. The molecule has 0 aliphatic carbocycles. The first-order valence-electron chi connectivity index (χ1n) is 7.80. The molecule has 1 fully saturated rings. The molecule has 2 nitrogen and oxygen atoms in total. The second-order valence-electron chi connectivity index (χ2n) is 6.95. The van der Waals surface area contributed by atoms with Crippen LogP contribution in [0.2, 0.25) is 0 Å². The van der Waals surface area contributed by atoms with E-state index in [0.29, 0.717) is 6.42 Å². The summed E-state index contributed by atoms with van der Waals surface area (Å²) in [6.45, 7) is 11.5. The fourth-order valence-corrected chi connectivity index (χ4v) is 2.83. The van der Waals surface area contributed by atoms with Crippen molar-refractivity contribution in [1.82, 2.24) is 9.80 Å². The number of nitrogens with zero attached hydrogens (tertiary/aromatic N) is 2. The Balaban J connectivity index is 1.85. The lowest BCUT2D eigenvalue weighted by atomic mass is 10.0. The van der Waals surface area contributed by atoms with Gasteiger partial charge in [-0.3, -0.25) is 4.90 Å². The predicted molar refractivity (Wildman–Crippen MR) is 82.9 cm³/mol. The van der Waals surface area contributed by atoms with Crippen molar-refractivity contribution in [3.63, 3.8) is 0 Å². The van der Waals surface area contributed by atoms with Crippen LogP contribution in [0.15, 0.2) is 24.3 Å². The first-order valence-corrected chi connectivity index (χ1v) is 7.80. The second-order valence-corrected chi connectivity index (χ2v) is 6.95. The fraction of sp³-hybridized carbons (Fsp3) is 0.647. The van der Waals surface area contributed by atoms with Crippen LogP contribution in [0, 0.1) is 0 Å². The highest BCUT2D eigenvalue weighted by atomic mass is 19.4. The molecule has 22 heavy (non-hydrogen) atoms. The highest BCUT2D eigenvalue weighted by molar-refractivity contribution is 5.25. The van der Waals surface area contributed by atoms with Gasteiger partial charge in [0.1, 0.15) is 0 Å². The lowest BCUT2D eigenvalue weighted by molar-refractivity contribution is -0.137. The lowest BCUT2D eigenvalue weighted by Crippen LogP contribution is -2.53. The highest BCUT2D eigenvalue weighted by Crippen LogP contribution is 2.29. The van der Waals surface area contributed by atoms with Crippen molar-refractivity contribution >= 4 is 0 Å². The van der Waals surface area contributed by atoms with E-state index >= 15 is 0 Å². The van der Waals surface area contributed by atoms with Crippen LogP contribution in [0.3, 0.4) is 0 Å². The first kappa shape index (κ1) is 17.3. The van der Waals surface area contributed by atoms with E-state index in [1.807, 2.05) is 0 Å². The largest absolute Gasteiger partial charge is 0.416 e. The Kier molecular flexibility index (Phi) is 5.17. The fourth-order valence-electron chi connectivity index (χ4n) is 2.83. The maximum absolute atomic E-state index is 12.7. The maximum Gasteiger partial charge on any atom is 0.416 e. The summed E-state index contributed by atoms with van der Waals surface area (Å²) in [5.74, 6) is 0. The minimum atomic E-state index is -4.26. The molecule has 1 aliphatic heterocycles. The molecule has 1 aliphatic rings. The molecule has 0 aromatic heterocycles. The summed E-state index contributed by atoms with van der Waals surface area (Å²) in [6.07, 6.45) is -3.59. The molecule has 0 N–H and O–H groups in total. The number of rotatable bonds is 3. The van der Waals surface area contributed by atoms with E-state index in [1.165, 1.54) is 12.1 Å². The van der Waals surface area contributed by atoms with Crippen LogP contribution in [0.25, 0.3) is 0 Å². The van der Waals surface area contributed by atoms with Gasteiger partial charge >= 0.3 is 6.18 Å². The van der Waals surface area contributed by atoms with E-state index in [9.17, 15) is 13.2 Å². The molecule has 0 unspecified atom stereocenters. The smallest absolute Gasteiger partial charge is 0.300 e. The summed E-state index contributed by atoms with van der Waals surface area (Å²) in [5, 5.41) is 0. The number of piperazine rings is 1. The van der Waals surface area contributed by atoms with Gasteiger partial charge in [-0.2, -0.15) is 13.2 Å². The Morgan fingerprint density at radius 2 is 1.64 bits per heavy atom. The zero-order valence-corrected chi connectivity index (χ0v) is 13.6. The average molecular weight is 314 g/mol. The van der Waals surface area contributed by atoms with Crippen LogP contribution >= 0.6 is 0 Å². The van der Waals surface area contributed by atoms with Gasteiger partial charge < -0.3 is 4.90 Å². The van der Waals surface area contributed by atoms with Crippen LogP contribution in [0.1, 0.15) is 31.9 Å². The molecule has 1 saturated heterocycles. The zero-order valence-electron chi connectivity index (χ0n) is 13.6. The van der Waals surface area contributed by atoms with Crippen LogP contribution in [0.4, 0.5) is 13.2 Å². The molecule has 1 heterocycles. The summed E-state index contributed by atoms with van der Waals surface area (Å²) in [7, 11) is 0. The molecule has 1 aromatic rings. The number of alkyl halides is 3. The zero-order chi connectivity index (χ0) is 16.4. The minimum Gasteiger partial charge on any atom is -0.300 e. The number of hydrogen-bond donors (Lipinski definition) is 0. The van der Waals surface area contributed by atoms with Gasteiger partial charge in [0.15, 0.2) is 0 Å². The number of halogens is 3. The van der Waals surface area contributed by atoms with Gasteiger partial charge in [-0.15, -0.1) is 0 Å². The normalized spacial score (nSPS) is 18.6.